The molecule has 2 aliphatic heterocycles. The van der Waals surface area contributed by atoms with Gasteiger partial charge in [0.2, 0.25) is 0 Å². The Morgan fingerprint density at radius 3 is 2.26 bits per heavy atom. The maximum atomic E-state index is 12.8. The third kappa shape index (κ3) is 5.81. The van der Waals surface area contributed by atoms with E-state index in [1.54, 1.807) is 7.11 Å². The maximum Gasteiger partial charge on any atom is 0.416 e. The van der Waals surface area contributed by atoms with Gasteiger partial charge < -0.3 is 14.8 Å². The van der Waals surface area contributed by atoms with Crippen molar-refractivity contribution in [1.82, 2.24) is 10.2 Å². The molecule has 190 valence electrons. The van der Waals surface area contributed by atoms with E-state index in [9.17, 15) is 18.0 Å². The average molecular weight is 491 g/mol. The van der Waals surface area contributed by atoms with Gasteiger partial charge in [-0.1, -0.05) is 6.07 Å². The average Bonchev–Trinajstić information content (AvgIpc) is 3.05. The van der Waals surface area contributed by atoms with Crippen molar-refractivity contribution in [2.24, 2.45) is 0 Å². The quantitative estimate of drug-likeness (QED) is 0.512. The Bertz CT molecular complexity index is 1030. The van der Waals surface area contributed by atoms with Crippen molar-refractivity contribution in [3.63, 3.8) is 0 Å². The fraction of sp³-hybridized carbons (Fsp3) is 0.519. The number of rotatable bonds is 8. The number of nitrogens with zero attached hydrogens (tertiary/aromatic N) is 1. The summed E-state index contributed by atoms with van der Waals surface area (Å²) in [6.45, 7) is 6.14. The number of carbonyl (C=O) groups is 1. The van der Waals surface area contributed by atoms with Gasteiger partial charge in [-0.25, -0.2) is 0 Å². The highest BCUT2D eigenvalue weighted by atomic mass is 19.4. The second-order valence-electron chi connectivity index (χ2n) is 9.59. The molecule has 0 spiro atoms. The second kappa shape index (κ2) is 10.6. The monoisotopic (exact) mass is 490 g/mol. The first-order chi connectivity index (χ1) is 16.7. The molecule has 0 aliphatic carbocycles. The highest BCUT2D eigenvalue weighted by molar-refractivity contribution is 5.94. The van der Waals surface area contributed by atoms with Gasteiger partial charge in [0.1, 0.15) is 12.4 Å². The Morgan fingerprint density at radius 2 is 1.66 bits per heavy atom. The van der Waals surface area contributed by atoms with Crippen molar-refractivity contribution in [2.45, 2.75) is 70.4 Å². The van der Waals surface area contributed by atoms with Crippen molar-refractivity contribution in [2.75, 3.05) is 20.3 Å². The van der Waals surface area contributed by atoms with Crippen molar-refractivity contribution in [3.8, 4) is 5.75 Å². The lowest BCUT2D eigenvalue weighted by Crippen LogP contribution is -2.50. The van der Waals surface area contributed by atoms with Crippen LogP contribution in [0.15, 0.2) is 36.4 Å². The summed E-state index contributed by atoms with van der Waals surface area (Å²) >= 11 is 0. The molecule has 0 saturated carbocycles. The van der Waals surface area contributed by atoms with Gasteiger partial charge in [0.05, 0.1) is 12.2 Å². The number of hydrogen-bond acceptors (Lipinski definition) is 4. The largest absolute Gasteiger partial charge is 0.491 e. The number of ether oxygens (including phenoxy) is 2. The summed E-state index contributed by atoms with van der Waals surface area (Å²) in [7, 11) is 1.65. The lowest BCUT2D eigenvalue weighted by Gasteiger charge is -2.39. The highest BCUT2D eigenvalue weighted by Crippen LogP contribution is 2.38. The second-order valence-corrected chi connectivity index (χ2v) is 9.59. The SMILES string of the molecule is COCCOc1ccc(CN2C3CCC2CC(NC(=O)c2ccc(C(F)(F)F)cc2)C3)c(C)c1C. The normalized spacial score (nSPS) is 22.3. The number of hydrogen-bond donors (Lipinski definition) is 1. The van der Waals surface area contributed by atoms with E-state index in [0.29, 0.717) is 25.3 Å². The van der Waals surface area contributed by atoms with Crippen molar-refractivity contribution in [1.29, 1.82) is 0 Å². The van der Waals surface area contributed by atoms with Gasteiger partial charge in [-0.15, -0.1) is 0 Å². The first-order valence-corrected chi connectivity index (χ1v) is 12.1. The van der Waals surface area contributed by atoms with E-state index in [1.165, 1.54) is 23.3 Å². The summed E-state index contributed by atoms with van der Waals surface area (Å²) in [5.41, 5.74) is 3.17. The molecular formula is C27H33F3N2O3. The maximum absolute atomic E-state index is 12.8. The van der Waals surface area contributed by atoms with Gasteiger partial charge in [-0.3, -0.25) is 9.69 Å². The van der Waals surface area contributed by atoms with Gasteiger partial charge in [0.25, 0.3) is 5.91 Å². The predicted molar refractivity (Wildman–Crippen MR) is 128 cm³/mol. The third-order valence-corrected chi connectivity index (χ3v) is 7.44. The molecule has 2 aromatic carbocycles. The molecule has 2 aromatic rings. The molecule has 4 rings (SSSR count). The Labute approximate surface area is 204 Å². The summed E-state index contributed by atoms with van der Waals surface area (Å²) in [4.78, 5) is 15.2. The van der Waals surface area contributed by atoms with Crippen LogP contribution in [0, 0.1) is 13.8 Å². The molecule has 2 atom stereocenters. The first kappa shape index (κ1) is 25.5. The zero-order valence-corrected chi connectivity index (χ0v) is 20.5. The van der Waals surface area contributed by atoms with Crippen LogP contribution in [-0.4, -0.2) is 49.3 Å². The molecule has 5 nitrogen and oxygen atoms in total. The minimum Gasteiger partial charge on any atom is -0.491 e. The fourth-order valence-electron chi connectivity index (χ4n) is 5.34. The van der Waals surface area contributed by atoms with E-state index >= 15 is 0 Å². The van der Waals surface area contributed by atoms with Crippen molar-refractivity contribution in [3.05, 3.63) is 64.2 Å². The van der Waals surface area contributed by atoms with Crippen LogP contribution in [0.2, 0.25) is 0 Å². The van der Waals surface area contributed by atoms with Gasteiger partial charge in [-0.2, -0.15) is 13.2 Å². The van der Waals surface area contributed by atoms with Crippen LogP contribution in [0.1, 0.15) is 58.3 Å². The number of piperidine rings is 1. The summed E-state index contributed by atoms with van der Waals surface area (Å²) in [5.74, 6) is 0.572. The molecule has 0 radical (unpaired) electrons. The smallest absolute Gasteiger partial charge is 0.416 e. The van der Waals surface area contributed by atoms with E-state index in [2.05, 4.69) is 30.1 Å². The topological polar surface area (TPSA) is 50.8 Å². The number of carbonyl (C=O) groups excluding carboxylic acids is 1. The summed E-state index contributed by atoms with van der Waals surface area (Å²) < 4.78 is 49.3. The minimum absolute atomic E-state index is 0.0259. The van der Waals surface area contributed by atoms with Crippen LogP contribution in [-0.2, 0) is 17.5 Å². The highest BCUT2D eigenvalue weighted by Gasteiger charge is 2.41. The molecular weight excluding hydrogens is 457 g/mol. The third-order valence-electron chi connectivity index (χ3n) is 7.44. The predicted octanol–water partition coefficient (Wildman–Crippen LogP) is 5.27. The van der Waals surface area contributed by atoms with Crippen LogP contribution in [0.5, 0.6) is 5.75 Å². The molecule has 2 bridgehead atoms. The molecule has 1 N–H and O–H groups in total. The fourth-order valence-corrected chi connectivity index (χ4v) is 5.34. The molecule has 2 heterocycles. The van der Waals surface area contributed by atoms with Crippen LogP contribution >= 0.6 is 0 Å². The molecule has 2 fully saturated rings. The Morgan fingerprint density at radius 1 is 1.00 bits per heavy atom. The number of methoxy groups -OCH3 is 1. The lowest BCUT2D eigenvalue weighted by atomic mass is 9.94. The van der Waals surface area contributed by atoms with Crippen LogP contribution in [0.3, 0.4) is 0 Å². The first-order valence-electron chi connectivity index (χ1n) is 12.1. The lowest BCUT2D eigenvalue weighted by molar-refractivity contribution is -0.137. The molecule has 1 amide bonds. The molecule has 0 aromatic heterocycles. The summed E-state index contributed by atoms with van der Waals surface area (Å²) in [6.07, 6.45) is -0.533. The van der Waals surface area contributed by atoms with Gasteiger partial charge >= 0.3 is 6.18 Å². The van der Waals surface area contributed by atoms with E-state index < -0.39 is 11.7 Å². The van der Waals surface area contributed by atoms with Gasteiger partial charge in [0.15, 0.2) is 0 Å². The van der Waals surface area contributed by atoms with E-state index in [-0.39, 0.29) is 17.5 Å². The van der Waals surface area contributed by atoms with Crippen LogP contribution in [0.4, 0.5) is 13.2 Å². The van der Waals surface area contributed by atoms with Gasteiger partial charge in [-0.05, 0) is 86.6 Å². The van der Waals surface area contributed by atoms with Gasteiger partial charge in [0, 0.05) is 37.3 Å². The summed E-state index contributed by atoms with van der Waals surface area (Å²) in [6, 6.07) is 9.37. The number of fused-ring (bicyclic) bond motifs is 2. The van der Waals surface area contributed by atoms with E-state index in [4.69, 9.17) is 9.47 Å². The molecule has 2 saturated heterocycles. The molecule has 2 aliphatic rings. The number of nitrogens with one attached hydrogen (secondary N) is 1. The van der Waals surface area contributed by atoms with Crippen LogP contribution < -0.4 is 10.1 Å². The number of benzene rings is 2. The molecule has 35 heavy (non-hydrogen) atoms. The molecule has 8 heteroatoms. The minimum atomic E-state index is -4.41. The Hall–Kier alpha value is -2.58. The van der Waals surface area contributed by atoms with Crippen LogP contribution in [0.25, 0.3) is 0 Å². The standard InChI is InChI=1S/C27H33F3N2O3/c1-17-18(2)25(35-13-12-34-3)11-6-20(17)16-32-23-9-10-24(32)15-22(14-23)31-26(33)19-4-7-21(8-5-19)27(28,29)30/h4-8,11,22-24H,9-10,12-16H2,1-3H3,(H,31,33). The Balaban J connectivity index is 1.36. The van der Waals surface area contributed by atoms with Crippen molar-refractivity contribution < 1.29 is 27.4 Å². The zero-order valence-electron chi connectivity index (χ0n) is 20.5. The number of alkyl halides is 3. The number of halogens is 3. The van der Waals surface area contributed by atoms with E-state index in [1.807, 2.05) is 6.07 Å². The molecule has 2 unspecified atom stereocenters. The summed E-state index contributed by atoms with van der Waals surface area (Å²) in [5, 5.41) is 3.06. The van der Waals surface area contributed by atoms with Crippen molar-refractivity contribution >= 4 is 5.91 Å². The van der Waals surface area contributed by atoms with E-state index in [0.717, 1.165) is 55.7 Å². The Kier molecular flexibility index (Phi) is 7.71. The zero-order chi connectivity index (χ0) is 25.2. The number of amides is 1.